The molecule has 8 atom stereocenters. The van der Waals surface area contributed by atoms with Crippen LogP contribution in [0.2, 0.25) is 0 Å². The van der Waals surface area contributed by atoms with E-state index in [0.29, 0.717) is 22.8 Å². The quantitative estimate of drug-likeness (QED) is 0.289. The molecule has 0 aliphatic heterocycles. The van der Waals surface area contributed by atoms with Crippen molar-refractivity contribution in [2.75, 3.05) is 0 Å². The van der Waals surface area contributed by atoms with Crippen LogP contribution in [-0.4, -0.2) is 21.3 Å². The monoisotopic (exact) mass is 562 g/mol. The number of rotatable bonds is 7. The van der Waals surface area contributed by atoms with Crippen molar-refractivity contribution in [3.8, 4) is 11.5 Å². The Bertz CT molecular complexity index is 1280. The van der Waals surface area contributed by atoms with Crippen LogP contribution in [0.1, 0.15) is 135 Å². The van der Waals surface area contributed by atoms with E-state index in [1.165, 1.54) is 69.9 Å². The summed E-state index contributed by atoms with van der Waals surface area (Å²) in [5.41, 5.74) is 2.29. The molecule has 0 aromatic heterocycles. The molecular weight excluding hydrogens is 508 g/mol. The van der Waals surface area contributed by atoms with E-state index in [0.717, 1.165) is 36.2 Å². The van der Waals surface area contributed by atoms with Crippen LogP contribution in [0.25, 0.3) is 5.57 Å². The van der Waals surface area contributed by atoms with E-state index in [-0.39, 0.29) is 38.7 Å². The molecule has 6 rings (SSSR count). The molecule has 5 aliphatic rings. The normalized spacial score (nSPS) is 41.1. The van der Waals surface area contributed by atoms with Gasteiger partial charge in [0.1, 0.15) is 0 Å². The Morgan fingerprint density at radius 2 is 1.63 bits per heavy atom. The number of aromatic hydroxyl groups is 2. The number of fused-ring (bicyclic) bond motifs is 2. The standard InChI is InChI=1S/C37H54O4/c1-22(2)9-8-10-23(3)25-16-18-35(7)29-14-13-28-33(4,5)17-15-26(30-24(32(40)41)11-12-27(38)31(30)39)37(28)21-36(29,37)20-19-34(25,35)6/h11-12,15,22-23,25,28-29,38-39H,8-10,13-14,16-21H2,1-7H3,(H,40,41)/t23-,25-,28+,29+,34-,35+,36+,37+/m1/s1. The van der Waals surface area contributed by atoms with Gasteiger partial charge in [0.2, 0.25) is 0 Å². The third-order valence-electron chi connectivity index (χ3n) is 14.4. The van der Waals surface area contributed by atoms with Crippen LogP contribution in [0, 0.1) is 56.7 Å². The number of carbonyl (C=O) groups is 1. The molecule has 0 heterocycles. The average molecular weight is 563 g/mol. The van der Waals surface area contributed by atoms with E-state index in [1.54, 1.807) is 0 Å². The second kappa shape index (κ2) is 9.26. The van der Waals surface area contributed by atoms with E-state index in [1.807, 2.05) is 0 Å². The van der Waals surface area contributed by atoms with Crippen molar-refractivity contribution in [1.29, 1.82) is 0 Å². The number of aromatic carboxylic acids is 1. The molecular formula is C37H54O4. The molecule has 4 heteroatoms. The third kappa shape index (κ3) is 3.73. The Morgan fingerprint density at radius 1 is 0.927 bits per heavy atom. The van der Waals surface area contributed by atoms with Crippen molar-refractivity contribution < 1.29 is 20.1 Å². The molecule has 0 bridgehead atoms. The highest BCUT2D eigenvalue weighted by Crippen LogP contribution is 2.90. The van der Waals surface area contributed by atoms with Gasteiger partial charge in [-0.15, -0.1) is 0 Å². The number of phenolic OH excluding ortho intramolecular Hbond substituents is 2. The second-order valence-electron chi connectivity index (χ2n) is 16.7. The van der Waals surface area contributed by atoms with Crippen LogP contribution in [0.5, 0.6) is 11.5 Å². The van der Waals surface area contributed by atoms with Gasteiger partial charge < -0.3 is 15.3 Å². The number of carboxylic acid groups (broad SMARTS) is 1. The molecule has 1 aromatic rings. The maximum Gasteiger partial charge on any atom is 0.336 e. The van der Waals surface area contributed by atoms with E-state index in [9.17, 15) is 20.1 Å². The second-order valence-corrected chi connectivity index (χ2v) is 16.7. The van der Waals surface area contributed by atoms with E-state index < -0.39 is 5.97 Å². The fourth-order valence-electron chi connectivity index (χ4n) is 12.3. The maximum atomic E-state index is 12.4. The Hall–Kier alpha value is -1.97. The summed E-state index contributed by atoms with van der Waals surface area (Å²) in [5, 5.41) is 32.0. The Balaban J connectivity index is 1.41. The first-order valence-electron chi connectivity index (χ1n) is 16.7. The summed E-state index contributed by atoms with van der Waals surface area (Å²) in [4.78, 5) is 12.4. The van der Waals surface area contributed by atoms with Crippen LogP contribution >= 0.6 is 0 Å². The van der Waals surface area contributed by atoms with Gasteiger partial charge >= 0.3 is 5.97 Å². The number of hydrogen-bond acceptors (Lipinski definition) is 3. The molecule has 41 heavy (non-hydrogen) atoms. The van der Waals surface area contributed by atoms with Gasteiger partial charge in [-0.3, -0.25) is 0 Å². The minimum atomic E-state index is -1.04. The molecule has 3 N–H and O–H groups in total. The number of benzene rings is 1. The zero-order chi connectivity index (χ0) is 29.8. The van der Waals surface area contributed by atoms with Gasteiger partial charge in [-0.1, -0.05) is 73.8 Å². The van der Waals surface area contributed by atoms with E-state index in [2.05, 4.69) is 54.5 Å². The highest BCUT2D eigenvalue weighted by atomic mass is 16.4. The predicted molar refractivity (Wildman–Crippen MR) is 165 cm³/mol. The third-order valence-corrected chi connectivity index (χ3v) is 14.4. The number of hydrogen-bond donors (Lipinski definition) is 3. The van der Waals surface area contributed by atoms with Crippen molar-refractivity contribution >= 4 is 11.5 Å². The average Bonchev–Trinajstić information content (AvgIpc) is 3.48. The minimum absolute atomic E-state index is 0.117. The lowest BCUT2D eigenvalue weighted by atomic mass is 9.41. The zero-order valence-corrected chi connectivity index (χ0v) is 26.6. The van der Waals surface area contributed by atoms with Crippen molar-refractivity contribution in [3.05, 3.63) is 29.3 Å². The molecule has 1 aromatic carbocycles. The molecule has 2 spiro atoms. The summed E-state index contributed by atoms with van der Waals surface area (Å²) in [5.74, 6) is 1.86. The number of carboxylic acids is 1. The van der Waals surface area contributed by atoms with Crippen LogP contribution in [0.4, 0.5) is 0 Å². The highest BCUT2D eigenvalue weighted by molar-refractivity contribution is 5.98. The molecule has 0 unspecified atom stereocenters. The molecule has 0 amide bonds. The summed E-state index contributed by atoms with van der Waals surface area (Å²) in [6.07, 6.45) is 15.7. The van der Waals surface area contributed by atoms with E-state index in [4.69, 9.17) is 0 Å². The molecule has 4 nitrogen and oxygen atoms in total. The number of allylic oxidation sites excluding steroid dienone is 2. The van der Waals surface area contributed by atoms with Crippen LogP contribution in [0.3, 0.4) is 0 Å². The summed E-state index contributed by atoms with van der Waals surface area (Å²) in [6, 6.07) is 2.81. The minimum Gasteiger partial charge on any atom is -0.504 e. The van der Waals surface area contributed by atoms with Crippen LogP contribution in [0.15, 0.2) is 18.2 Å². The number of phenols is 2. The van der Waals surface area contributed by atoms with Gasteiger partial charge in [-0.2, -0.15) is 0 Å². The Kier molecular flexibility index (Phi) is 6.58. The van der Waals surface area contributed by atoms with Gasteiger partial charge in [0.05, 0.1) is 5.56 Å². The predicted octanol–water partition coefficient (Wildman–Crippen LogP) is 9.69. The lowest BCUT2D eigenvalue weighted by molar-refractivity contribution is -0.125. The SMILES string of the molecule is CC(C)CCC[C@@H](C)[C@H]1CC[C@@]2(C)[C@@H]3CC[C@H]4C(C)(C)CC=C(c5c(C(=O)O)ccc(O)c5O)[C@@]45C[C@@]35CC[C@]12C. The molecule has 0 saturated heterocycles. The van der Waals surface area contributed by atoms with E-state index >= 15 is 0 Å². The largest absolute Gasteiger partial charge is 0.504 e. The summed E-state index contributed by atoms with van der Waals surface area (Å²) >= 11 is 0. The molecule has 4 fully saturated rings. The van der Waals surface area contributed by atoms with Gasteiger partial charge in [0.25, 0.3) is 0 Å². The van der Waals surface area contributed by atoms with Crippen molar-refractivity contribution in [2.45, 2.75) is 119 Å². The first kappa shape index (κ1) is 29.1. The Labute approximate surface area is 248 Å². The molecule has 5 aliphatic carbocycles. The van der Waals surface area contributed by atoms with Gasteiger partial charge in [-0.05, 0) is 120 Å². The lowest BCUT2D eigenvalue weighted by Crippen LogP contribution is -2.56. The van der Waals surface area contributed by atoms with Gasteiger partial charge in [-0.25, -0.2) is 4.79 Å². The first-order chi connectivity index (χ1) is 19.2. The zero-order valence-electron chi connectivity index (χ0n) is 26.6. The van der Waals surface area contributed by atoms with Gasteiger partial charge in [0.15, 0.2) is 11.5 Å². The summed E-state index contributed by atoms with van der Waals surface area (Å²) < 4.78 is 0. The van der Waals surface area contributed by atoms with Crippen molar-refractivity contribution in [1.82, 2.24) is 0 Å². The van der Waals surface area contributed by atoms with Gasteiger partial charge in [0, 0.05) is 11.0 Å². The maximum absolute atomic E-state index is 12.4. The fourth-order valence-corrected chi connectivity index (χ4v) is 12.3. The van der Waals surface area contributed by atoms with Crippen molar-refractivity contribution in [2.24, 2.45) is 56.7 Å². The summed E-state index contributed by atoms with van der Waals surface area (Å²) in [6.45, 7) is 17.3. The first-order valence-corrected chi connectivity index (χ1v) is 16.7. The van der Waals surface area contributed by atoms with Crippen LogP contribution in [-0.2, 0) is 0 Å². The molecule has 0 radical (unpaired) electrons. The van der Waals surface area contributed by atoms with Crippen LogP contribution < -0.4 is 0 Å². The molecule has 4 saturated carbocycles. The lowest BCUT2D eigenvalue weighted by Gasteiger charge is -2.63. The molecule has 226 valence electrons. The Morgan fingerprint density at radius 3 is 2.32 bits per heavy atom. The summed E-state index contributed by atoms with van der Waals surface area (Å²) in [7, 11) is 0. The smallest absolute Gasteiger partial charge is 0.336 e. The van der Waals surface area contributed by atoms with Crippen molar-refractivity contribution in [3.63, 3.8) is 0 Å². The highest BCUT2D eigenvalue weighted by Gasteiger charge is 2.83. The topological polar surface area (TPSA) is 77.8 Å². The fraction of sp³-hybridized carbons (Fsp3) is 0.757.